The fourth-order valence-electron chi connectivity index (χ4n) is 3.76. The number of hydrogen-bond acceptors (Lipinski definition) is 3. The van der Waals surface area contributed by atoms with E-state index < -0.39 is 0 Å². The van der Waals surface area contributed by atoms with Gasteiger partial charge in [0.15, 0.2) is 12.1 Å². The summed E-state index contributed by atoms with van der Waals surface area (Å²) in [5, 5.41) is 4.80. The number of aromatic nitrogens is 2. The molecule has 1 aromatic heterocycles. The smallest absolute Gasteiger partial charge is 0.259 e. The number of amides is 1. The average Bonchev–Trinajstić information content (AvgIpc) is 3.52. The zero-order valence-electron chi connectivity index (χ0n) is 17.1. The van der Waals surface area contributed by atoms with E-state index in [1.165, 1.54) is 29.9 Å². The lowest BCUT2D eigenvalue weighted by Crippen LogP contribution is -2.28. The maximum Gasteiger partial charge on any atom is 0.259 e. The van der Waals surface area contributed by atoms with Gasteiger partial charge in [0.2, 0.25) is 0 Å². The van der Waals surface area contributed by atoms with Crippen LogP contribution in [0.2, 0.25) is 0 Å². The highest BCUT2D eigenvalue weighted by atomic mass is 19.1. The predicted octanol–water partition coefficient (Wildman–Crippen LogP) is 4.75. The summed E-state index contributed by atoms with van der Waals surface area (Å²) < 4.78 is 15.5. The number of anilines is 1. The second kappa shape index (κ2) is 8.22. The summed E-state index contributed by atoms with van der Waals surface area (Å²) >= 11 is 0. The lowest BCUT2D eigenvalue weighted by Gasteiger charge is -2.17. The Balaban J connectivity index is 1.80. The Labute approximate surface area is 175 Å². The molecule has 0 spiro atoms. The fraction of sp³-hybridized carbons (Fsp3) is 0.292. The summed E-state index contributed by atoms with van der Waals surface area (Å²) in [5.41, 5.74) is 3.42. The van der Waals surface area contributed by atoms with Crippen molar-refractivity contribution in [1.82, 2.24) is 9.78 Å². The number of halogens is 1. The van der Waals surface area contributed by atoms with Crippen LogP contribution in [0.25, 0.3) is 11.3 Å². The third-order valence-corrected chi connectivity index (χ3v) is 5.57. The van der Waals surface area contributed by atoms with Gasteiger partial charge < -0.3 is 0 Å². The van der Waals surface area contributed by atoms with E-state index in [1.54, 1.807) is 43.4 Å². The van der Waals surface area contributed by atoms with Crippen LogP contribution in [0.3, 0.4) is 0 Å². The molecule has 1 heterocycles. The standard InChI is InChI=1S/C24H24FN3O2/c1-3-20-22(17-10-12-19(25)13-11-17)28(14-16-8-9-16)26-23(20)27(2)24(30)21-7-5-4-6-18(21)15-29/h4-7,10-13,15-16H,3,8-9,14H2,1-2H3. The van der Waals surface area contributed by atoms with Gasteiger partial charge in [0.25, 0.3) is 5.91 Å². The Bertz CT molecular complexity index is 1080. The van der Waals surface area contributed by atoms with E-state index in [-0.39, 0.29) is 11.7 Å². The summed E-state index contributed by atoms with van der Waals surface area (Å²) in [7, 11) is 1.68. The molecule has 5 nitrogen and oxygen atoms in total. The van der Waals surface area contributed by atoms with Crippen molar-refractivity contribution in [2.75, 3.05) is 11.9 Å². The molecule has 6 heteroatoms. The van der Waals surface area contributed by atoms with Crippen LogP contribution in [-0.4, -0.2) is 29.0 Å². The molecule has 1 aliphatic carbocycles. The molecule has 0 unspecified atom stereocenters. The molecule has 4 rings (SSSR count). The molecule has 0 radical (unpaired) electrons. The Morgan fingerprint density at radius 2 is 1.90 bits per heavy atom. The number of aldehydes is 1. The van der Waals surface area contributed by atoms with Gasteiger partial charge in [-0.1, -0.05) is 25.1 Å². The third kappa shape index (κ3) is 3.77. The maximum atomic E-state index is 13.5. The Hall–Kier alpha value is -3.28. The van der Waals surface area contributed by atoms with Gasteiger partial charge in [-0.05, 0) is 55.5 Å². The highest BCUT2D eigenvalue weighted by Gasteiger charge is 2.29. The molecule has 0 N–H and O–H groups in total. The lowest BCUT2D eigenvalue weighted by molar-refractivity contribution is 0.0985. The van der Waals surface area contributed by atoms with Crippen LogP contribution in [0, 0.1) is 11.7 Å². The Kier molecular flexibility index (Phi) is 5.48. The summed E-state index contributed by atoms with van der Waals surface area (Å²) in [5.74, 6) is 0.582. The van der Waals surface area contributed by atoms with E-state index >= 15 is 0 Å². The highest BCUT2D eigenvalue weighted by Crippen LogP contribution is 2.37. The molecule has 0 aliphatic heterocycles. The van der Waals surface area contributed by atoms with Gasteiger partial charge >= 0.3 is 0 Å². The third-order valence-electron chi connectivity index (χ3n) is 5.57. The SMILES string of the molecule is CCc1c(N(C)C(=O)c2ccccc2C=O)nn(CC2CC2)c1-c1ccc(F)cc1. The van der Waals surface area contributed by atoms with Gasteiger partial charge in [0.05, 0.1) is 11.3 Å². The second-order valence-corrected chi connectivity index (χ2v) is 7.71. The first-order chi connectivity index (χ1) is 14.5. The van der Waals surface area contributed by atoms with Crippen molar-refractivity contribution in [2.45, 2.75) is 32.7 Å². The largest absolute Gasteiger partial charge is 0.298 e. The van der Waals surface area contributed by atoms with Crippen LogP contribution in [-0.2, 0) is 13.0 Å². The molecule has 1 fully saturated rings. The molecule has 3 aromatic rings. The normalized spacial score (nSPS) is 13.3. The molecule has 2 aromatic carbocycles. The van der Waals surface area contributed by atoms with Crippen LogP contribution < -0.4 is 4.90 Å². The second-order valence-electron chi connectivity index (χ2n) is 7.71. The van der Waals surface area contributed by atoms with E-state index in [0.717, 1.165) is 23.4 Å². The van der Waals surface area contributed by atoms with E-state index in [0.29, 0.717) is 35.6 Å². The summed E-state index contributed by atoms with van der Waals surface area (Å²) in [4.78, 5) is 26.1. The molecule has 0 bridgehead atoms. The topological polar surface area (TPSA) is 55.2 Å². The van der Waals surface area contributed by atoms with Gasteiger partial charge in [-0.25, -0.2) is 4.39 Å². The van der Waals surface area contributed by atoms with Crippen LogP contribution in [0.4, 0.5) is 10.2 Å². The van der Waals surface area contributed by atoms with Crippen molar-refractivity contribution >= 4 is 18.0 Å². The van der Waals surface area contributed by atoms with Crippen LogP contribution >= 0.6 is 0 Å². The van der Waals surface area contributed by atoms with Crippen molar-refractivity contribution < 1.29 is 14.0 Å². The van der Waals surface area contributed by atoms with E-state index in [9.17, 15) is 14.0 Å². The van der Waals surface area contributed by atoms with E-state index in [1.807, 2.05) is 11.6 Å². The molecule has 1 saturated carbocycles. The zero-order valence-corrected chi connectivity index (χ0v) is 17.1. The maximum absolute atomic E-state index is 13.5. The Morgan fingerprint density at radius 1 is 1.20 bits per heavy atom. The van der Waals surface area contributed by atoms with Gasteiger partial charge in [-0.15, -0.1) is 0 Å². The first-order valence-electron chi connectivity index (χ1n) is 10.2. The van der Waals surface area contributed by atoms with Crippen molar-refractivity contribution in [3.63, 3.8) is 0 Å². The van der Waals surface area contributed by atoms with Crippen molar-refractivity contribution in [1.29, 1.82) is 0 Å². The number of carbonyl (C=O) groups excluding carboxylic acids is 2. The minimum atomic E-state index is -0.289. The first kappa shape index (κ1) is 20.0. The quantitative estimate of drug-likeness (QED) is 0.533. The van der Waals surface area contributed by atoms with Crippen LogP contribution in [0.5, 0.6) is 0 Å². The molecule has 0 saturated heterocycles. The van der Waals surface area contributed by atoms with Gasteiger partial charge in [-0.3, -0.25) is 19.2 Å². The summed E-state index contributed by atoms with van der Waals surface area (Å²) in [6.45, 7) is 2.79. The number of hydrogen-bond donors (Lipinski definition) is 0. The fourth-order valence-corrected chi connectivity index (χ4v) is 3.76. The van der Waals surface area contributed by atoms with Gasteiger partial charge in [-0.2, -0.15) is 5.10 Å². The average molecular weight is 405 g/mol. The monoisotopic (exact) mass is 405 g/mol. The number of carbonyl (C=O) groups is 2. The molecule has 0 atom stereocenters. The summed E-state index contributed by atoms with van der Waals surface area (Å²) in [6, 6.07) is 13.1. The van der Waals surface area contributed by atoms with Crippen molar-refractivity contribution in [3.8, 4) is 11.3 Å². The minimum absolute atomic E-state index is 0.283. The predicted molar refractivity (Wildman–Crippen MR) is 114 cm³/mol. The first-order valence-corrected chi connectivity index (χ1v) is 10.2. The molecule has 154 valence electrons. The minimum Gasteiger partial charge on any atom is -0.298 e. The number of nitrogens with zero attached hydrogens (tertiary/aromatic N) is 3. The zero-order chi connectivity index (χ0) is 21.3. The number of benzene rings is 2. The molecule has 30 heavy (non-hydrogen) atoms. The summed E-state index contributed by atoms with van der Waals surface area (Å²) in [6.07, 6.45) is 3.69. The molecular formula is C24H24FN3O2. The van der Waals surface area contributed by atoms with E-state index in [2.05, 4.69) is 0 Å². The molecule has 1 amide bonds. The number of rotatable bonds is 7. The van der Waals surface area contributed by atoms with E-state index in [4.69, 9.17) is 5.10 Å². The van der Waals surface area contributed by atoms with Crippen LogP contribution in [0.1, 0.15) is 46.0 Å². The molecular weight excluding hydrogens is 381 g/mol. The Morgan fingerprint density at radius 3 is 2.53 bits per heavy atom. The van der Waals surface area contributed by atoms with Gasteiger partial charge in [0, 0.05) is 30.3 Å². The lowest BCUT2D eigenvalue weighted by atomic mass is 10.0. The van der Waals surface area contributed by atoms with Crippen molar-refractivity contribution in [3.05, 3.63) is 71.0 Å². The van der Waals surface area contributed by atoms with Crippen molar-refractivity contribution in [2.24, 2.45) is 5.92 Å². The molecule has 1 aliphatic rings. The highest BCUT2D eigenvalue weighted by molar-refractivity contribution is 6.10. The van der Waals surface area contributed by atoms with Gasteiger partial charge in [0.1, 0.15) is 5.82 Å². The van der Waals surface area contributed by atoms with Crippen LogP contribution in [0.15, 0.2) is 48.5 Å².